The minimum absolute atomic E-state index is 0.166. The number of nitrogens with zero attached hydrogens (tertiary/aromatic N) is 3. The highest BCUT2D eigenvalue weighted by atomic mass is 16.2. The number of hydrogen-bond acceptors (Lipinski definition) is 3. The van der Waals surface area contributed by atoms with Crippen LogP contribution in [-0.4, -0.2) is 27.1 Å². The summed E-state index contributed by atoms with van der Waals surface area (Å²) in [5.74, 6) is 1.60. The van der Waals surface area contributed by atoms with E-state index >= 15 is 0 Å². The molecule has 2 amide bonds. The number of carbonyl (C=O) groups is 1. The van der Waals surface area contributed by atoms with Crippen molar-refractivity contribution >= 4 is 11.7 Å². The van der Waals surface area contributed by atoms with Crippen molar-refractivity contribution in [1.82, 2.24) is 19.9 Å². The minimum Gasteiger partial charge on any atom is -0.338 e. The van der Waals surface area contributed by atoms with Crippen LogP contribution in [0.4, 0.5) is 10.5 Å². The second-order valence-corrected chi connectivity index (χ2v) is 5.43. The van der Waals surface area contributed by atoms with Crippen molar-refractivity contribution < 1.29 is 4.79 Å². The van der Waals surface area contributed by atoms with E-state index in [0.29, 0.717) is 12.5 Å². The average Bonchev–Trinajstić information content (AvgIpc) is 2.95. The molecule has 0 unspecified atom stereocenters. The zero-order valence-electron chi connectivity index (χ0n) is 12.0. The number of amides is 2. The number of nitrogens with one attached hydrogen (secondary N) is 2. The zero-order valence-corrected chi connectivity index (χ0v) is 12.0. The minimum atomic E-state index is -0.166. The van der Waals surface area contributed by atoms with Crippen molar-refractivity contribution in [3.8, 4) is 0 Å². The maximum atomic E-state index is 11.9. The van der Waals surface area contributed by atoms with Crippen LogP contribution in [0.5, 0.6) is 0 Å². The molecule has 2 N–H and O–H groups in total. The topological polar surface area (TPSA) is 71.8 Å². The van der Waals surface area contributed by atoms with Crippen molar-refractivity contribution in [3.63, 3.8) is 0 Å². The van der Waals surface area contributed by atoms with Crippen LogP contribution in [0, 0.1) is 12.8 Å². The Kier molecular flexibility index (Phi) is 3.85. The molecule has 2 aromatic heterocycles. The van der Waals surface area contributed by atoms with Crippen LogP contribution in [0.25, 0.3) is 0 Å². The molecule has 110 valence electrons. The van der Waals surface area contributed by atoms with Gasteiger partial charge >= 0.3 is 6.03 Å². The molecule has 0 aromatic carbocycles. The number of fused-ring (bicyclic) bond motifs is 1. The van der Waals surface area contributed by atoms with Crippen LogP contribution in [0.2, 0.25) is 0 Å². The van der Waals surface area contributed by atoms with E-state index in [0.717, 1.165) is 36.5 Å². The smallest absolute Gasteiger partial charge is 0.319 e. The molecular weight excluding hydrogens is 266 g/mol. The van der Waals surface area contributed by atoms with E-state index in [1.54, 1.807) is 18.5 Å². The highest BCUT2D eigenvalue weighted by Gasteiger charge is 2.19. The lowest BCUT2D eigenvalue weighted by Gasteiger charge is -2.24. The molecule has 1 aliphatic rings. The molecule has 6 nitrogen and oxygen atoms in total. The predicted octanol–water partition coefficient (Wildman–Crippen LogP) is 1.97. The number of aryl methyl sites for hydroxylation is 2. The fraction of sp³-hybridized carbons (Fsp3) is 0.400. The monoisotopic (exact) mass is 285 g/mol. The van der Waals surface area contributed by atoms with Crippen molar-refractivity contribution in [1.29, 1.82) is 0 Å². The SMILES string of the molecule is Cc1cnccc1NC(=O)NC[C@@H]1CCc2nccn2C1. The molecule has 3 rings (SSSR count). The molecule has 1 atom stereocenters. The van der Waals surface area contributed by atoms with Gasteiger partial charge in [0.1, 0.15) is 5.82 Å². The standard InChI is InChI=1S/C15H19N5O/c1-11-8-16-5-4-13(11)19-15(21)18-9-12-2-3-14-17-6-7-20(14)10-12/h4-8,12H,2-3,9-10H2,1H3,(H2,16,18,19,21)/t12-/m0/s1. The van der Waals surface area contributed by atoms with Gasteiger partial charge in [0.25, 0.3) is 0 Å². The third-order valence-electron chi connectivity index (χ3n) is 3.85. The van der Waals surface area contributed by atoms with Crippen LogP contribution >= 0.6 is 0 Å². The fourth-order valence-corrected chi connectivity index (χ4v) is 2.62. The third kappa shape index (κ3) is 3.21. The van der Waals surface area contributed by atoms with Crippen LogP contribution in [0.1, 0.15) is 17.8 Å². The summed E-state index contributed by atoms with van der Waals surface area (Å²) in [4.78, 5) is 20.3. The largest absolute Gasteiger partial charge is 0.338 e. The lowest BCUT2D eigenvalue weighted by molar-refractivity contribution is 0.247. The highest BCUT2D eigenvalue weighted by molar-refractivity contribution is 5.89. The van der Waals surface area contributed by atoms with E-state index in [-0.39, 0.29) is 6.03 Å². The van der Waals surface area contributed by atoms with Crippen molar-refractivity contribution in [2.45, 2.75) is 26.3 Å². The van der Waals surface area contributed by atoms with Gasteiger partial charge in [-0.05, 0) is 30.9 Å². The van der Waals surface area contributed by atoms with Gasteiger partial charge in [0.2, 0.25) is 0 Å². The Balaban J connectivity index is 1.50. The summed E-state index contributed by atoms with van der Waals surface area (Å²) < 4.78 is 2.17. The van der Waals surface area contributed by atoms with E-state index in [9.17, 15) is 4.79 Å². The van der Waals surface area contributed by atoms with Gasteiger partial charge in [0.15, 0.2) is 0 Å². The molecule has 0 radical (unpaired) electrons. The maximum Gasteiger partial charge on any atom is 0.319 e. The lowest BCUT2D eigenvalue weighted by atomic mass is 9.99. The number of hydrogen-bond donors (Lipinski definition) is 2. The highest BCUT2D eigenvalue weighted by Crippen LogP contribution is 2.18. The van der Waals surface area contributed by atoms with Gasteiger partial charge in [-0.15, -0.1) is 0 Å². The summed E-state index contributed by atoms with van der Waals surface area (Å²) in [6.07, 6.45) is 9.28. The molecule has 2 aromatic rings. The molecule has 21 heavy (non-hydrogen) atoms. The Labute approximate surface area is 123 Å². The third-order valence-corrected chi connectivity index (χ3v) is 3.85. The molecule has 0 fully saturated rings. The molecule has 0 saturated carbocycles. The van der Waals surface area contributed by atoms with Crippen LogP contribution in [0.15, 0.2) is 30.9 Å². The Morgan fingerprint density at radius 3 is 3.24 bits per heavy atom. The number of aromatic nitrogens is 3. The molecule has 6 heteroatoms. The number of rotatable bonds is 3. The summed E-state index contributed by atoms with van der Waals surface area (Å²) in [5.41, 5.74) is 1.75. The number of anilines is 1. The van der Waals surface area contributed by atoms with Crippen LogP contribution in [0.3, 0.4) is 0 Å². The van der Waals surface area contributed by atoms with Gasteiger partial charge in [-0.1, -0.05) is 0 Å². The summed E-state index contributed by atoms with van der Waals surface area (Å²) in [6.45, 7) is 3.52. The quantitative estimate of drug-likeness (QED) is 0.905. The predicted molar refractivity (Wildman–Crippen MR) is 80.0 cm³/mol. The van der Waals surface area contributed by atoms with Gasteiger partial charge in [-0.2, -0.15) is 0 Å². The van der Waals surface area contributed by atoms with Gasteiger partial charge < -0.3 is 15.2 Å². The summed E-state index contributed by atoms with van der Waals surface area (Å²) in [7, 11) is 0. The van der Waals surface area contributed by atoms with E-state index in [1.807, 2.05) is 19.3 Å². The summed E-state index contributed by atoms with van der Waals surface area (Å²) in [5, 5.41) is 5.80. The second-order valence-electron chi connectivity index (χ2n) is 5.43. The Hall–Kier alpha value is -2.37. The first-order valence-corrected chi connectivity index (χ1v) is 7.18. The van der Waals surface area contributed by atoms with E-state index < -0.39 is 0 Å². The number of pyridine rings is 1. The number of imidazole rings is 1. The first-order valence-electron chi connectivity index (χ1n) is 7.18. The molecule has 0 spiro atoms. The normalized spacial score (nSPS) is 17.1. The van der Waals surface area contributed by atoms with Gasteiger partial charge in [-0.25, -0.2) is 9.78 Å². The van der Waals surface area contributed by atoms with Crippen molar-refractivity contribution in [3.05, 3.63) is 42.2 Å². The lowest BCUT2D eigenvalue weighted by Crippen LogP contribution is -2.36. The fourth-order valence-electron chi connectivity index (χ4n) is 2.62. The molecule has 0 aliphatic carbocycles. The molecule has 0 bridgehead atoms. The van der Waals surface area contributed by atoms with E-state index in [2.05, 4.69) is 25.2 Å². The molecular formula is C15H19N5O. The van der Waals surface area contributed by atoms with Gasteiger partial charge in [0.05, 0.1) is 0 Å². The Morgan fingerprint density at radius 2 is 2.38 bits per heavy atom. The zero-order chi connectivity index (χ0) is 14.7. The van der Waals surface area contributed by atoms with Gasteiger partial charge in [0, 0.05) is 50.0 Å². The van der Waals surface area contributed by atoms with Crippen molar-refractivity contribution in [2.24, 2.45) is 5.92 Å². The van der Waals surface area contributed by atoms with Gasteiger partial charge in [-0.3, -0.25) is 4.98 Å². The Bertz CT molecular complexity index is 636. The maximum absolute atomic E-state index is 11.9. The molecule has 3 heterocycles. The molecule has 0 saturated heterocycles. The van der Waals surface area contributed by atoms with E-state index in [4.69, 9.17) is 0 Å². The molecule has 1 aliphatic heterocycles. The Morgan fingerprint density at radius 1 is 1.48 bits per heavy atom. The summed E-state index contributed by atoms with van der Waals surface area (Å²) >= 11 is 0. The first kappa shape index (κ1) is 13.6. The van der Waals surface area contributed by atoms with Crippen LogP contribution in [-0.2, 0) is 13.0 Å². The second kappa shape index (κ2) is 5.95. The average molecular weight is 285 g/mol. The first-order chi connectivity index (χ1) is 10.2. The van der Waals surface area contributed by atoms with E-state index in [1.165, 1.54) is 0 Å². The van der Waals surface area contributed by atoms with Crippen molar-refractivity contribution in [2.75, 3.05) is 11.9 Å². The number of carbonyl (C=O) groups excluding carboxylic acids is 1. The number of urea groups is 1. The summed E-state index contributed by atoms with van der Waals surface area (Å²) in [6, 6.07) is 1.63. The van der Waals surface area contributed by atoms with Crippen LogP contribution < -0.4 is 10.6 Å².